The van der Waals surface area contributed by atoms with E-state index in [-0.39, 0.29) is 5.41 Å². The summed E-state index contributed by atoms with van der Waals surface area (Å²) in [6, 6.07) is 76.7. The molecule has 1 heterocycles. The van der Waals surface area contributed by atoms with E-state index in [1.807, 2.05) is 0 Å². The average Bonchev–Trinajstić information content (AvgIpc) is 3.77. The zero-order valence-corrected chi connectivity index (χ0v) is 33.1. The number of furan rings is 1. The summed E-state index contributed by atoms with van der Waals surface area (Å²) in [5.74, 6) is 0. The van der Waals surface area contributed by atoms with Crippen molar-refractivity contribution in [2.24, 2.45) is 0 Å². The first kappa shape index (κ1) is 34.8. The van der Waals surface area contributed by atoms with Crippen molar-refractivity contribution >= 4 is 39.0 Å². The molecule has 0 aliphatic heterocycles. The number of benzene rings is 9. The normalized spacial score (nSPS) is 12.7. The Morgan fingerprint density at radius 3 is 1.49 bits per heavy atom. The second-order valence-corrected chi connectivity index (χ2v) is 16.1. The molecule has 1 aromatic heterocycles. The van der Waals surface area contributed by atoms with Gasteiger partial charge in [0, 0.05) is 39.3 Å². The Hall–Kier alpha value is -7.42. The Bertz CT molecular complexity index is 3140. The lowest BCUT2D eigenvalue weighted by Crippen LogP contribution is -2.14. The van der Waals surface area contributed by atoms with Gasteiger partial charge in [-0.25, -0.2) is 0 Å². The lowest BCUT2D eigenvalue weighted by Gasteiger charge is -2.27. The molecule has 11 rings (SSSR count). The van der Waals surface area contributed by atoms with Crippen molar-refractivity contribution in [3.8, 4) is 55.6 Å². The van der Waals surface area contributed by atoms with Crippen molar-refractivity contribution in [3.05, 3.63) is 223 Å². The Kier molecular flexibility index (Phi) is 8.20. The van der Waals surface area contributed by atoms with Gasteiger partial charge in [-0.15, -0.1) is 0 Å². The Labute approximate surface area is 345 Å². The van der Waals surface area contributed by atoms with Crippen LogP contribution in [0.4, 0.5) is 17.1 Å². The molecule has 0 amide bonds. The molecular formula is C57H41NO. The van der Waals surface area contributed by atoms with Gasteiger partial charge in [0.2, 0.25) is 0 Å². The van der Waals surface area contributed by atoms with Crippen molar-refractivity contribution in [1.29, 1.82) is 0 Å². The number of fused-ring (bicyclic) bond motifs is 6. The van der Waals surface area contributed by atoms with Crippen LogP contribution in [0.15, 0.2) is 217 Å². The minimum atomic E-state index is -0.0977. The summed E-state index contributed by atoms with van der Waals surface area (Å²) in [5, 5.41) is 2.26. The van der Waals surface area contributed by atoms with E-state index in [9.17, 15) is 0 Å². The Morgan fingerprint density at radius 1 is 0.322 bits per heavy atom. The number of nitrogens with zero attached hydrogens (tertiary/aromatic N) is 1. The van der Waals surface area contributed by atoms with Gasteiger partial charge in [0.15, 0.2) is 0 Å². The van der Waals surface area contributed by atoms with Gasteiger partial charge in [0.1, 0.15) is 11.2 Å². The van der Waals surface area contributed by atoms with E-state index >= 15 is 0 Å². The second kappa shape index (κ2) is 13.9. The van der Waals surface area contributed by atoms with Crippen molar-refractivity contribution in [3.63, 3.8) is 0 Å². The van der Waals surface area contributed by atoms with Gasteiger partial charge >= 0.3 is 0 Å². The van der Waals surface area contributed by atoms with Gasteiger partial charge in [-0.2, -0.15) is 0 Å². The monoisotopic (exact) mass is 755 g/mol. The summed E-state index contributed by atoms with van der Waals surface area (Å²) in [7, 11) is 0. The molecule has 1 aliphatic rings. The van der Waals surface area contributed by atoms with Crippen LogP contribution < -0.4 is 4.90 Å². The molecule has 0 spiro atoms. The molecule has 59 heavy (non-hydrogen) atoms. The first-order chi connectivity index (χ1) is 29.0. The summed E-state index contributed by atoms with van der Waals surface area (Å²) in [4.78, 5) is 2.36. The van der Waals surface area contributed by atoms with Gasteiger partial charge in [-0.05, 0) is 115 Å². The molecule has 0 saturated heterocycles. The third-order valence-electron chi connectivity index (χ3n) is 12.3. The van der Waals surface area contributed by atoms with E-state index in [1.54, 1.807) is 0 Å². The van der Waals surface area contributed by atoms with Crippen molar-refractivity contribution < 1.29 is 4.42 Å². The quantitative estimate of drug-likeness (QED) is 0.161. The van der Waals surface area contributed by atoms with E-state index in [0.29, 0.717) is 0 Å². The predicted octanol–water partition coefficient (Wildman–Crippen LogP) is 16.0. The van der Waals surface area contributed by atoms with E-state index in [0.717, 1.165) is 39.0 Å². The smallest absolute Gasteiger partial charge is 0.137 e. The molecule has 10 aromatic rings. The molecule has 0 radical (unpaired) electrons. The van der Waals surface area contributed by atoms with Crippen LogP contribution in [-0.4, -0.2) is 0 Å². The SMILES string of the molecule is CC1(C)c2ccccc2-c2cc3c(cc21)oc1cc(N(c2ccc(-c4ccccc4)cc2)c2ccc(-c4ccc(-c5ccccc5)cc4)c(-c4ccccc4)c2)ccc13. The zero-order chi connectivity index (χ0) is 39.5. The summed E-state index contributed by atoms with van der Waals surface area (Å²) >= 11 is 0. The van der Waals surface area contributed by atoms with Gasteiger partial charge in [0.25, 0.3) is 0 Å². The van der Waals surface area contributed by atoms with Gasteiger partial charge in [-0.1, -0.05) is 172 Å². The van der Waals surface area contributed by atoms with Gasteiger partial charge in [0.05, 0.1) is 0 Å². The topological polar surface area (TPSA) is 16.4 Å². The molecule has 1 aliphatic carbocycles. The third-order valence-corrected chi connectivity index (χ3v) is 12.3. The highest BCUT2D eigenvalue weighted by Crippen LogP contribution is 2.51. The van der Waals surface area contributed by atoms with E-state index in [1.165, 1.54) is 66.8 Å². The first-order valence-corrected chi connectivity index (χ1v) is 20.4. The van der Waals surface area contributed by atoms with E-state index in [4.69, 9.17) is 4.42 Å². The van der Waals surface area contributed by atoms with Crippen molar-refractivity contribution in [1.82, 2.24) is 0 Å². The maximum Gasteiger partial charge on any atom is 0.137 e. The summed E-state index contributed by atoms with van der Waals surface area (Å²) < 4.78 is 6.79. The van der Waals surface area contributed by atoms with Crippen LogP contribution in [0.25, 0.3) is 77.6 Å². The number of hydrogen-bond acceptors (Lipinski definition) is 2. The highest BCUT2D eigenvalue weighted by Gasteiger charge is 2.36. The maximum absolute atomic E-state index is 6.79. The number of rotatable bonds is 7. The Balaban J connectivity index is 1.06. The molecule has 2 nitrogen and oxygen atoms in total. The standard InChI is InChI=1S/C57H41NO/c1-57(2)53-21-13-12-20-48(53)51-36-52-49-33-31-46(35-55(49)59-56(52)37-54(51)57)58(44-28-26-41(27-29-44)39-16-8-4-9-17-39)45-30-32-47(50(34-45)42-18-10-5-11-19-42)43-24-22-40(23-25-43)38-14-6-3-7-15-38/h3-37H,1-2H3. The van der Waals surface area contributed by atoms with Crippen molar-refractivity contribution in [2.45, 2.75) is 19.3 Å². The fourth-order valence-corrected chi connectivity index (χ4v) is 9.23. The van der Waals surface area contributed by atoms with Crippen LogP contribution >= 0.6 is 0 Å². The molecule has 0 bridgehead atoms. The van der Waals surface area contributed by atoms with Gasteiger partial charge in [-0.3, -0.25) is 0 Å². The maximum atomic E-state index is 6.79. The van der Waals surface area contributed by atoms with Crippen LogP contribution in [0.5, 0.6) is 0 Å². The fourth-order valence-electron chi connectivity index (χ4n) is 9.23. The first-order valence-electron chi connectivity index (χ1n) is 20.4. The molecule has 280 valence electrons. The van der Waals surface area contributed by atoms with Crippen LogP contribution in [0.3, 0.4) is 0 Å². The van der Waals surface area contributed by atoms with E-state index < -0.39 is 0 Å². The molecule has 0 N–H and O–H groups in total. The third kappa shape index (κ3) is 5.96. The minimum absolute atomic E-state index is 0.0977. The molecular weight excluding hydrogens is 715 g/mol. The summed E-state index contributed by atoms with van der Waals surface area (Å²) in [6.45, 7) is 4.64. The van der Waals surface area contributed by atoms with E-state index in [2.05, 4.69) is 231 Å². The zero-order valence-electron chi connectivity index (χ0n) is 33.1. The predicted molar refractivity (Wildman–Crippen MR) is 248 cm³/mol. The second-order valence-electron chi connectivity index (χ2n) is 16.1. The highest BCUT2D eigenvalue weighted by molar-refractivity contribution is 6.09. The number of hydrogen-bond donors (Lipinski definition) is 0. The number of anilines is 3. The van der Waals surface area contributed by atoms with Crippen LogP contribution in [0, 0.1) is 0 Å². The van der Waals surface area contributed by atoms with Crippen LogP contribution in [0.2, 0.25) is 0 Å². The Morgan fingerprint density at radius 2 is 0.814 bits per heavy atom. The lowest BCUT2D eigenvalue weighted by molar-refractivity contribution is 0.647. The molecule has 0 fully saturated rings. The molecule has 9 aromatic carbocycles. The molecule has 0 unspecified atom stereocenters. The van der Waals surface area contributed by atoms with Gasteiger partial charge < -0.3 is 9.32 Å². The molecule has 0 atom stereocenters. The summed E-state index contributed by atoms with van der Waals surface area (Å²) in [6.07, 6.45) is 0. The van der Waals surface area contributed by atoms with Crippen molar-refractivity contribution in [2.75, 3.05) is 4.90 Å². The average molecular weight is 756 g/mol. The fraction of sp³-hybridized carbons (Fsp3) is 0.0526. The van der Waals surface area contributed by atoms with Crippen LogP contribution in [0.1, 0.15) is 25.0 Å². The largest absolute Gasteiger partial charge is 0.456 e. The summed E-state index contributed by atoms with van der Waals surface area (Å²) in [5.41, 5.74) is 19.6. The molecule has 0 saturated carbocycles. The van der Waals surface area contributed by atoms with Crippen LogP contribution in [-0.2, 0) is 5.41 Å². The molecule has 2 heteroatoms. The lowest BCUT2D eigenvalue weighted by atomic mass is 9.82. The highest BCUT2D eigenvalue weighted by atomic mass is 16.3. The minimum Gasteiger partial charge on any atom is -0.456 e.